The highest BCUT2D eigenvalue weighted by molar-refractivity contribution is 5.97. The summed E-state index contributed by atoms with van der Waals surface area (Å²) in [5.41, 5.74) is 11.9. The fraction of sp³-hybridized carbons (Fsp3) is 0.185. The number of aliphatic hydroxyl groups is 1. The molecule has 3 aromatic carbocycles. The number of benzene rings is 3. The van der Waals surface area contributed by atoms with Crippen LogP contribution < -0.4 is 16.0 Å². The summed E-state index contributed by atoms with van der Waals surface area (Å²) in [5.74, 6) is -2.15. The van der Waals surface area contributed by atoms with Gasteiger partial charge in [0.25, 0.3) is 0 Å². The van der Waals surface area contributed by atoms with Gasteiger partial charge in [-0.2, -0.15) is 0 Å². The van der Waals surface area contributed by atoms with Gasteiger partial charge in [-0.25, -0.2) is 0 Å². The van der Waals surface area contributed by atoms with Crippen LogP contribution >= 0.6 is 0 Å². The Balaban J connectivity index is 0.873. The maximum absolute atomic E-state index is 14.1. The molecule has 326 valence electrons. The molecule has 0 saturated heterocycles. The molecule has 0 spiro atoms. The van der Waals surface area contributed by atoms with Crippen molar-refractivity contribution in [3.05, 3.63) is 163 Å². The van der Waals surface area contributed by atoms with Crippen LogP contribution in [0.3, 0.4) is 0 Å². The van der Waals surface area contributed by atoms with Gasteiger partial charge in [0.05, 0.1) is 69.3 Å². The van der Waals surface area contributed by atoms with Gasteiger partial charge in [-0.1, -0.05) is 72.8 Å². The largest absolute Gasteiger partial charge is 0.374 e. The minimum absolute atomic E-state index is 0.253. The van der Waals surface area contributed by atoms with Gasteiger partial charge in [0.1, 0.15) is 6.23 Å². The molecule has 12 nitrogen and oxygen atoms in total. The van der Waals surface area contributed by atoms with E-state index < -0.39 is 24.0 Å². The second-order valence-electron chi connectivity index (χ2n) is 17.2. The Morgan fingerprint density at radius 3 is 1.23 bits per heavy atom. The summed E-state index contributed by atoms with van der Waals surface area (Å²) >= 11 is 0. The third-order valence-electron chi connectivity index (χ3n) is 12.5. The van der Waals surface area contributed by atoms with E-state index in [-0.39, 0.29) is 18.2 Å². The maximum Gasteiger partial charge on any atom is 0.227 e. The third kappa shape index (κ3) is 8.78. The number of nitrogens with one attached hydrogen (secondary N) is 3. The van der Waals surface area contributed by atoms with Crippen molar-refractivity contribution in [2.75, 3.05) is 16.0 Å². The van der Waals surface area contributed by atoms with E-state index in [1.165, 1.54) is 0 Å². The Kier molecular flexibility index (Phi) is 11.4. The van der Waals surface area contributed by atoms with Gasteiger partial charge < -0.3 is 21.1 Å². The Morgan fingerprint density at radius 2 is 0.864 bits per heavy atom. The number of para-hydroxylation sites is 3. The first-order valence-electron chi connectivity index (χ1n) is 22.2. The molecule has 1 fully saturated rings. The lowest BCUT2D eigenvalue weighted by Gasteiger charge is -2.36. The number of amides is 2. The van der Waals surface area contributed by atoms with E-state index in [9.17, 15) is 14.7 Å². The standard InChI is InChI=1S/C54H47N9O3/c1-31-13-16-34-7-4-10-43(49(34)58-31)46-22-19-40(28-55-46)61-52(64)37-25-38(53(65)62-41-20-23-47(56-29-41)44-11-5-8-35-17-14-32(2)59-50(35)44)27-39(26-37)54(66)63-42-21-24-48(57-30-42)45-12-6-9-36-18-15-33(3)60-51(36)45/h4-24,28-30,37-39,52,61,64H,25-27H2,1-3H3,(H,62,65)(H,63,66). The molecule has 9 aromatic rings. The van der Waals surface area contributed by atoms with E-state index in [4.69, 9.17) is 29.9 Å². The summed E-state index contributed by atoms with van der Waals surface area (Å²) < 4.78 is 0. The van der Waals surface area contributed by atoms with Gasteiger partial charge in [0.2, 0.25) is 11.8 Å². The van der Waals surface area contributed by atoms with Crippen LogP contribution in [0.2, 0.25) is 0 Å². The van der Waals surface area contributed by atoms with Gasteiger partial charge in [-0.05, 0) is 94.6 Å². The molecule has 12 heteroatoms. The molecule has 0 radical (unpaired) electrons. The minimum Gasteiger partial charge on any atom is -0.374 e. The van der Waals surface area contributed by atoms with Crippen molar-refractivity contribution in [1.29, 1.82) is 0 Å². The smallest absolute Gasteiger partial charge is 0.227 e. The maximum atomic E-state index is 14.1. The second-order valence-corrected chi connectivity index (χ2v) is 17.2. The number of rotatable bonds is 10. The highest BCUT2D eigenvalue weighted by Crippen LogP contribution is 2.38. The number of aryl methyl sites for hydroxylation is 3. The molecular formula is C54H47N9O3. The van der Waals surface area contributed by atoms with E-state index in [2.05, 4.69) is 22.0 Å². The molecule has 3 atom stereocenters. The lowest BCUT2D eigenvalue weighted by molar-refractivity contribution is -0.126. The van der Waals surface area contributed by atoms with Crippen LogP contribution in [0, 0.1) is 38.5 Å². The van der Waals surface area contributed by atoms with Crippen LogP contribution in [0.4, 0.5) is 17.1 Å². The number of pyridine rings is 6. The molecule has 6 heterocycles. The number of hydrogen-bond acceptors (Lipinski definition) is 10. The normalized spacial score (nSPS) is 16.5. The Bertz CT molecular complexity index is 3120. The molecule has 4 N–H and O–H groups in total. The summed E-state index contributed by atoms with van der Waals surface area (Å²) in [7, 11) is 0. The summed E-state index contributed by atoms with van der Waals surface area (Å²) in [6, 6.07) is 41.3. The van der Waals surface area contributed by atoms with Crippen LogP contribution in [-0.2, 0) is 9.59 Å². The molecule has 66 heavy (non-hydrogen) atoms. The van der Waals surface area contributed by atoms with Crippen LogP contribution in [0.1, 0.15) is 36.3 Å². The fourth-order valence-electron chi connectivity index (χ4n) is 9.07. The number of carbonyl (C=O) groups excluding carboxylic acids is 2. The molecule has 1 aliphatic carbocycles. The Labute approximate surface area is 381 Å². The van der Waals surface area contributed by atoms with Crippen LogP contribution in [0.25, 0.3) is 66.5 Å². The second kappa shape index (κ2) is 17.9. The van der Waals surface area contributed by atoms with Gasteiger partial charge >= 0.3 is 0 Å². The predicted octanol–water partition coefficient (Wildman–Crippen LogP) is 10.5. The molecule has 0 aliphatic heterocycles. The zero-order valence-corrected chi connectivity index (χ0v) is 36.7. The SMILES string of the molecule is Cc1ccc2cccc(-c3ccc(NC(=O)C4CC(C(=O)Nc5ccc(-c6cccc7ccc(C)nc67)nc5)CC(C(O)Nc5ccc(-c6cccc7ccc(C)nc67)nc5)C4)cn3)c2n1. The average molecular weight is 870 g/mol. The monoisotopic (exact) mass is 869 g/mol. The number of carbonyl (C=O) groups is 2. The topological polar surface area (TPSA) is 168 Å². The van der Waals surface area contributed by atoms with Crippen LogP contribution in [0.15, 0.2) is 146 Å². The number of anilines is 3. The average Bonchev–Trinajstić information content (AvgIpc) is 3.34. The van der Waals surface area contributed by atoms with Crippen molar-refractivity contribution in [3.63, 3.8) is 0 Å². The summed E-state index contributed by atoms with van der Waals surface area (Å²) in [6.07, 6.45) is 4.86. The summed E-state index contributed by atoms with van der Waals surface area (Å²) in [5, 5.41) is 24.2. The van der Waals surface area contributed by atoms with E-state index in [0.717, 1.165) is 83.6 Å². The van der Waals surface area contributed by atoms with E-state index in [1.807, 2.05) is 142 Å². The molecule has 1 aliphatic rings. The van der Waals surface area contributed by atoms with Gasteiger partial charge in [-0.3, -0.25) is 39.5 Å². The Morgan fingerprint density at radius 1 is 0.485 bits per heavy atom. The lowest BCUT2D eigenvalue weighted by Crippen LogP contribution is -2.42. The van der Waals surface area contributed by atoms with Crippen molar-refractivity contribution >= 4 is 61.6 Å². The summed E-state index contributed by atoms with van der Waals surface area (Å²) in [6.45, 7) is 5.89. The number of aromatic nitrogens is 6. The first-order chi connectivity index (χ1) is 32.1. The summed E-state index contributed by atoms with van der Waals surface area (Å²) in [4.78, 5) is 56.7. The molecule has 2 amide bonds. The number of nitrogens with zero attached hydrogens (tertiary/aromatic N) is 6. The Hall–Kier alpha value is -7.96. The van der Waals surface area contributed by atoms with Gasteiger partial charge in [0.15, 0.2) is 0 Å². The highest BCUT2D eigenvalue weighted by atomic mass is 16.3. The van der Waals surface area contributed by atoms with Crippen molar-refractivity contribution in [3.8, 4) is 33.8 Å². The predicted molar refractivity (Wildman–Crippen MR) is 260 cm³/mol. The van der Waals surface area contributed by atoms with Crippen molar-refractivity contribution < 1.29 is 14.7 Å². The first kappa shape index (κ1) is 42.0. The van der Waals surface area contributed by atoms with Crippen molar-refractivity contribution in [2.24, 2.45) is 17.8 Å². The first-order valence-corrected chi connectivity index (χ1v) is 22.2. The molecular weight excluding hydrogens is 823 g/mol. The minimum atomic E-state index is -1.08. The number of fused-ring (bicyclic) bond motifs is 3. The van der Waals surface area contributed by atoms with Crippen LogP contribution in [-0.4, -0.2) is 53.1 Å². The molecule has 3 unspecified atom stereocenters. The quantitative estimate of drug-likeness (QED) is 0.0971. The molecule has 10 rings (SSSR count). The highest BCUT2D eigenvalue weighted by Gasteiger charge is 2.39. The molecule has 6 aromatic heterocycles. The van der Waals surface area contributed by atoms with E-state index >= 15 is 0 Å². The van der Waals surface area contributed by atoms with E-state index in [1.54, 1.807) is 18.6 Å². The van der Waals surface area contributed by atoms with Crippen molar-refractivity contribution in [1.82, 2.24) is 29.9 Å². The zero-order valence-electron chi connectivity index (χ0n) is 36.7. The van der Waals surface area contributed by atoms with E-state index in [0.29, 0.717) is 29.9 Å². The van der Waals surface area contributed by atoms with Gasteiger partial charge in [0, 0.05) is 67.7 Å². The number of hydrogen-bond donors (Lipinski definition) is 4. The number of aliphatic hydroxyl groups excluding tert-OH is 1. The fourth-order valence-corrected chi connectivity index (χ4v) is 9.07. The van der Waals surface area contributed by atoms with Gasteiger partial charge in [-0.15, -0.1) is 0 Å². The zero-order chi connectivity index (χ0) is 45.3. The molecule has 1 saturated carbocycles. The third-order valence-corrected chi connectivity index (χ3v) is 12.5. The van der Waals surface area contributed by atoms with Crippen LogP contribution in [0.5, 0.6) is 0 Å². The van der Waals surface area contributed by atoms with Crippen molar-refractivity contribution in [2.45, 2.75) is 46.3 Å². The lowest BCUT2D eigenvalue weighted by atomic mass is 9.73. The molecule has 0 bridgehead atoms.